The lowest BCUT2D eigenvalue weighted by Crippen LogP contribution is -2.46. The standard InChI is InChI=1S/C16H25N3O.ClH/c1-12-6-7-13(2)15(9-12)18-16(20)11-19-8-4-5-14(10-19)17-3;/h6-7,9,14,17H,4-5,8,10-11H2,1-3H3,(H,18,20);1H. The maximum absolute atomic E-state index is 12.2. The number of anilines is 1. The van der Waals surface area contributed by atoms with Crippen LogP contribution in [0.25, 0.3) is 0 Å². The highest BCUT2D eigenvalue weighted by Gasteiger charge is 2.20. The second kappa shape index (κ2) is 8.37. The minimum atomic E-state index is 0. The number of likely N-dealkylation sites (tertiary alicyclic amines) is 1. The van der Waals surface area contributed by atoms with E-state index >= 15 is 0 Å². The molecule has 0 saturated carbocycles. The summed E-state index contributed by atoms with van der Waals surface area (Å²) in [5.74, 6) is 0.0791. The molecule has 1 aliphatic rings. The summed E-state index contributed by atoms with van der Waals surface area (Å²) in [4.78, 5) is 14.4. The topological polar surface area (TPSA) is 44.4 Å². The van der Waals surface area contributed by atoms with Crippen molar-refractivity contribution in [3.8, 4) is 0 Å². The van der Waals surface area contributed by atoms with Gasteiger partial charge in [-0.15, -0.1) is 12.4 Å². The predicted octanol–water partition coefficient (Wildman–Crippen LogP) is 2.35. The maximum Gasteiger partial charge on any atom is 0.238 e. The molecule has 5 heteroatoms. The highest BCUT2D eigenvalue weighted by atomic mass is 35.5. The number of nitrogens with one attached hydrogen (secondary N) is 2. The van der Waals surface area contributed by atoms with Gasteiger partial charge >= 0.3 is 0 Å². The van der Waals surface area contributed by atoms with Crippen molar-refractivity contribution < 1.29 is 4.79 Å². The van der Waals surface area contributed by atoms with Gasteiger partial charge in [0.2, 0.25) is 5.91 Å². The average molecular weight is 312 g/mol. The number of likely N-dealkylation sites (N-methyl/N-ethyl adjacent to an activating group) is 1. The molecule has 118 valence electrons. The zero-order chi connectivity index (χ0) is 14.5. The molecule has 0 bridgehead atoms. The molecule has 1 aliphatic heterocycles. The van der Waals surface area contributed by atoms with Gasteiger partial charge in [0, 0.05) is 18.3 Å². The summed E-state index contributed by atoms with van der Waals surface area (Å²) in [6, 6.07) is 6.65. The zero-order valence-electron chi connectivity index (χ0n) is 13.1. The number of aryl methyl sites for hydroxylation is 2. The van der Waals surface area contributed by atoms with Crippen LogP contribution in [-0.4, -0.2) is 43.5 Å². The number of benzene rings is 1. The van der Waals surface area contributed by atoms with Crippen LogP contribution >= 0.6 is 12.4 Å². The third kappa shape index (κ3) is 5.30. The number of carbonyl (C=O) groups is 1. The number of hydrogen-bond acceptors (Lipinski definition) is 3. The number of nitrogens with zero attached hydrogens (tertiary/aromatic N) is 1. The molecular weight excluding hydrogens is 286 g/mol. The molecule has 21 heavy (non-hydrogen) atoms. The van der Waals surface area contributed by atoms with E-state index in [9.17, 15) is 4.79 Å². The third-order valence-electron chi connectivity index (χ3n) is 3.95. The van der Waals surface area contributed by atoms with Crippen molar-refractivity contribution in [2.45, 2.75) is 32.7 Å². The number of rotatable bonds is 4. The van der Waals surface area contributed by atoms with E-state index < -0.39 is 0 Å². The molecule has 0 aliphatic carbocycles. The van der Waals surface area contributed by atoms with E-state index in [4.69, 9.17) is 0 Å². The van der Waals surface area contributed by atoms with Gasteiger partial charge in [0.15, 0.2) is 0 Å². The van der Waals surface area contributed by atoms with Crippen molar-refractivity contribution in [2.75, 3.05) is 32.0 Å². The molecule has 1 saturated heterocycles. The van der Waals surface area contributed by atoms with Crippen LogP contribution in [0.15, 0.2) is 18.2 Å². The smallest absolute Gasteiger partial charge is 0.238 e. The SMILES string of the molecule is CNC1CCCN(CC(=O)Nc2cc(C)ccc2C)C1.Cl. The van der Waals surface area contributed by atoms with Crippen LogP contribution in [-0.2, 0) is 4.79 Å². The van der Waals surface area contributed by atoms with Crippen LogP contribution < -0.4 is 10.6 Å². The van der Waals surface area contributed by atoms with Crippen molar-refractivity contribution in [1.82, 2.24) is 10.2 Å². The Morgan fingerprint density at radius 2 is 2.14 bits per heavy atom. The highest BCUT2D eigenvalue weighted by Crippen LogP contribution is 2.16. The van der Waals surface area contributed by atoms with Crippen molar-refractivity contribution in [3.05, 3.63) is 29.3 Å². The van der Waals surface area contributed by atoms with E-state index in [2.05, 4.69) is 21.6 Å². The molecule has 1 amide bonds. The van der Waals surface area contributed by atoms with Gasteiger partial charge in [-0.2, -0.15) is 0 Å². The molecule has 1 aromatic rings. The first kappa shape index (κ1) is 18.0. The maximum atomic E-state index is 12.2. The molecule has 1 fully saturated rings. The van der Waals surface area contributed by atoms with Gasteiger partial charge in [0.25, 0.3) is 0 Å². The minimum absolute atomic E-state index is 0. The number of hydrogen-bond donors (Lipinski definition) is 2. The Morgan fingerprint density at radius 3 is 2.86 bits per heavy atom. The Balaban J connectivity index is 0.00000220. The first-order valence-electron chi connectivity index (χ1n) is 7.35. The molecule has 0 aromatic heterocycles. The van der Waals surface area contributed by atoms with Crippen molar-refractivity contribution >= 4 is 24.0 Å². The van der Waals surface area contributed by atoms with Gasteiger partial charge in [0.1, 0.15) is 0 Å². The second-order valence-electron chi connectivity index (χ2n) is 5.73. The summed E-state index contributed by atoms with van der Waals surface area (Å²) in [7, 11) is 1.99. The summed E-state index contributed by atoms with van der Waals surface area (Å²) in [5.41, 5.74) is 3.20. The molecule has 0 radical (unpaired) electrons. The average Bonchev–Trinajstić information content (AvgIpc) is 2.43. The van der Waals surface area contributed by atoms with E-state index in [0.717, 1.165) is 30.8 Å². The van der Waals surface area contributed by atoms with E-state index in [1.54, 1.807) is 0 Å². The minimum Gasteiger partial charge on any atom is -0.325 e. The third-order valence-corrected chi connectivity index (χ3v) is 3.95. The molecule has 2 N–H and O–H groups in total. The van der Waals surface area contributed by atoms with Gasteiger partial charge in [-0.25, -0.2) is 0 Å². The predicted molar refractivity (Wildman–Crippen MR) is 90.3 cm³/mol. The number of amides is 1. The molecule has 1 aromatic carbocycles. The zero-order valence-corrected chi connectivity index (χ0v) is 13.9. The summed E-state index contributed by atoms with van der Waals surface area (Å²) >= 11 is 0. The normalized spacial score (nSPS) is 18.9. The van der Waals surface area contributed by atoms with Crippen LogP contribution in [0.3, 0.4) is 0 Å². The largest absolute Gasteiger partial charge is 0.325 e. The Labute approximate surface area is 133 Å². The van der Waals surface area contributed by atoms with E-state index in [1.807, 2.05) is 33.0 Å². The fourth-order valence-corrected chi connectivity index (χ4v) is 2.70. The number of piperidine rings is 1. The van der Waals surface area contributed by atoms with Crippen LogP contribution in [0.5, 0.6) is 0 Å². The molecule has 0 spiro atoms. The molecule has 2 rings (SSSR count). The molecule has 1 unspecified atom stereocenters. The van der Waals surface area contributed by atoms with Gasteiger partial charge in [-0.1, -0.05) is 12.1 Å². The lowest BCUT2D eigenvalue weighted by atomic mass is 10.1. The van der Waals surface area contributed by atoms with Crippen molar-refractivity contribution in [1.29, 1.82) is 0 Å². The second-order valence-corrected chi connectivity index (χ2v) is 5.73. The molecule has 4 nitrogen and oxygen atoms in total. The summed E-state index contributed by atoms with van der Waals surface area (Å²) < 4.78 is 0. The molecular formula is C16H26ClN3O. The van der Waals surface area contributed by atoms with E-state index in [-0.39, 0.29) is 18.3 Å². The van der Waals surface area contributed by atoms with Gasteiger partial charge in [-0.05, 0) is 57.5 Å². The van der Waals surface area contributed by atoms with Gasteiger partial charge < -0.3 is 10.6 Å². The fourth-order valence-electron chi connectivity index (χ4n) is 2.70. The highest BCUT2D eigenvalue weighted by molar-refractivity contribution is 5.93. The van der Waals surface area contributed by atoms with Crippen molar-refractivity contribution in [2.24, 2.45) is 0 Å². The first-order chi connectivity index (χ1) is 9.58. The summed E-state index contributed by atoms with van der Waals surface area (Å²) in [6.45, 7) is 6.50. The Bertz CT molecular complexity index is 479. The summed E-state index contributed by atoms with van der Waals surface area (Å²) in [5, 5.41) is 6.33. The van der Waals surface area contributed by atoms with Crippen LogP contribution in [0.4, 0.5) is 5.69 Å². The van der Waals surface area contributed by atoms with Gasteiger partial charge in [-0.3, -0.25) is 9.69 Å². The van der Waals surface area contributed by atoms with Crippen LogP contribution in [0.1, 0.15) is 24.0 Å². The first-order valence-corrected chi connectivity index (χ1v) is 7.35. The summed E-state index contributed by atoms with van der Waals surface area (Å²) in [6.07, 6.45) is 2.36. The van der Waals surface area contributed by atoms with E-state index in [0.29, 0.717) is 12.6 Å². The number of halogens is 1. The Kier molecular flexibility index (Phi) is 7.15. The molecule has 1 heterocycles. The number of carbonyl (C=O) groups excluding carboxylic acids is 1. The van der Waals surface area contributed by atoms with Gasteiger partial charge in [0.05, 0.1) is 6.54 Å². The lowest BCUT2D eigenvalue weighted by molar-refractivity contribution is -0.117. The Morgan fingerprint density at radius 1 is 1.38 bits per heavy atom. The quantitative estimate of drug-likeness (QED) is 0.897. The fraction of sp³-hybridized carbons (Fsp3) is 0.562. The molecule has 1 atom stereocenters. The van der Waals surface area contributed by atoms with Crippen molar-refractivity contribution in [3.63, 3.8) is 0 Å². The monoisotopic (exact) mass is 311 g/mol. The van der Waals surface area contributed by atoms with Crippen LogP contribution in [0, 0.1) is 13.8 Å². The Hall–Kier alpha value is -1.10. The lowest BCUT2D eigenvalue weighted by Gasteiger charge is -2.31. The van der Waals surface area contributed by atoms with E-state index in [1.165, 1.54) is 12.0 Å². The van der Waals surface area contributed by atoms with Crippen LogP contribution in [0.2, 0.25) is 0 Å².